The van der Waals surface area contributed by atoms with Gasteiger partial charge >= 0.3 is 5.91 Å². The number of carbonyl (C=O) groups is 1. The predicted octanol–water partition coefficient (Wildman–Crippen LogP) is 4.99. The summed E-state index contributed by atoms with van der Waals surface area (Å²) in [5.41, 5.74) is 1.64. The highest BCUT2D eigenvalue weighted by molar-refractivity contribution is 9.10. The monoisotopic (exact) mass is 484 g/mol. The highest BCUT2D eigenvalue weighted by Gasteiger charge is 2.17. The van der Waals surface area contributed by atoms with Crippen molar-refractivity contribution >= 4 is 61.2 Å². The number of rotatable bonds is 3. The van der Waals surface area contributed by atoms with Gasteiger partial charge in [0.1, 0.15) is 23.2 Å². The maximum atomic E-state index is 12.6. The number of furan rings is 1. The SMILES string of the molecule is O=C(Nc1ccc(-c2nc3c(oc4ccc(Br)cc43)c(=O)[nH]2)c(Cl)c1)c1ncco1. The molecule has 0 atom stereocenters. The van der Waals surface area contributed by atoms with Gasteiger partial charge in [-0.15, -0.1) is 0 Å². The minimum atomic E-state index is -0.507. The van der Waals surface area contributed by atoms with Gasteiger partial charge in [-0.3, -0.25) is 9.59 Å². The summed E-state index contributed by atoms with van der Waals surface area (Å²) in [4.78, 5) is 35.7. The lowest BCUT2D eigenvalue weighted by Crippen LogP contribution is -2.12. The van der Waals surface area contributed by atoms with Crippen LogP contribution in [0.1, 0.15) is 10.7 Å². The van der Waals surface area contributed by atoms with Crippen LogP contribution < -0.4 is 10.9 Å². The Hall–Kier alpha value is -3.43. The summed E-state index contributed by atoms with van der Waals surface area (Å²) in [6.07, 6.45) is 2.68. The molecule has 0 saturated heterocycles. The quantitative estimate of drug-likeness (QED) is 0.372. The molecule has 2 aromatic carbocycles. The molecule has 3 heterocycles. The topological polar surface area (TPSA) is 114 Å². The molecular formula is C20H10BrClN4O4. The first kappa shape index (κ1) is 18.6. The van der Waals surface area contributed by atoms with Crippen LogP contribution in [0.2, 0.25) is 5.02 Å². The number of H-pyrrole nitrogens is 1. The van der Waals surface area contributed by atoms with Crippen LogP contribution >= 0.6 is 27.5 Å². The molecule has 8 nitrogen and oxygen atoms in total. The average molecular weight is 486 g/mol. The molecule has 2 N–H and O–H groups in total. The molecule has 30 heavy (non-hydrogen) atoms. The number of fused-ring (bicyclic) bond motifs is 3. The third-order valence-electron chi connectivity index (χ3n) is 4.39. The van der Waals surface area contributed by atoms with Crippen molar-refractivity contribution < 1.29 is 13.6 Å². The molecule has 3 aromatic heterocycles. The fourth-order valence-electron chi connectivity index (χ4n) is 3.06. The summed E-state index contributed by atoms with van der Waals surface area (Å²) in [7, 11) is 0. The summed E-state index contributed by atoms with van der Waals surface area (Å²) in [5, 5.41) is 3.63. The first-order valence-corrected chi connectivity index (χ1v) is 9.79. The van der Waals surface area contributed by atoms with E-state index in [9.17, 15) is 9.59 Å². The maximum absolute atomic E-state index is 12.6. The number of aromatic nitrogens is 3. The molecule has 0 aliphatic rings. The van der Waals surface area contributed by atoms with Crippen molar-refractivity contribution in [2.24, 2.45) is 0 Å². The zero-order chi connectivity index (χ0) is 20.8. The van der Waals surface area contributed by atoms with E-state index in [1.807, 2.05) is 12.1 Å². The number of halogens is 2. The van der Waals surface area contributed by atoms with E-state index in [1.54, 1.807) is 24.3 Å². The number of nitrogens with one attached hydrogen (secondary N) is 2. The Balaban J connectivity index is 1.56. The molecule has 0 aliphatic carbocycles. The molecule has 0 spiro atoms. The second-order valence-electron chi connectivity index (χ2n) is 6.32. The minimum Gasteiger partial charge on any atom is -0.449 e. The Morgan fingerprint density at radius 3 is 2.83 bits per heavy atom. The van der Waals surface area contributed by atoms with E-state index >= 15 is 0 Å². The van der Waals surface area contributed by atoms with Crippen LogP contribution in [0.25, 0.3) is 33.5 Å². The molecule has 0 saturated carbocycles. The number of benzene rings is 2. The lowest BCUT2D eigenvalue weighted by atomic mass is 10.1. The Morgan fingerprint density at radius 2 is 2.07 bits per heavy atom. The third-order valence-corrected chi connectivity index (χ3v) is 5.20. The van der Waals surface area contributed by atoms with E-state index in [4.69, 9.17) is 20.4 Å². The summed E-state index contributed by atoms with van der Waals surface area (Å²) in [6.45, 7) is 0. The van der Waals surface area contributed by atoms with Crippen LogP contribution in [-0.2, 0) is 0 Å². The highest BCUT2D eigenvalue weighted by Crippen LogP contribution is 2.32. The zero-order valence-electron chi connectivity index (χ0n) is 14.9. The molecule has 0 radical (unpaired) electrons. The molecular weight excluding hydrogens is 476 g/mol. The number of amides is 1. The first-order chi connectivity index (χ1) is 14.5. The van der Waals surface area contributed by atoms with Gasteiger partial charge in [-0.1, -0.05) is 27.5 Å². The Kier molecular flexibility index (Phi) is 4.41. The van der Waals surface area contributed by atoms with Gasteiger partial charge < -0.3 is 19.1 Å². The summed E-state index contributed by atoms with van der Waals surface area (Å²) < 4.78 is 11.4. The lowest BCUT2D eigenvalue weighted by Gasteiger charge is -2.07. The molecule has 148 valence electrons. The number of aromatic amines is 1. The number of hydrogen-bond donors (Lipinski definition) is 2. The van der Waals surface area contributed by atoms with Gasteiger partial charge in [0.15, 0.2) is 0 Å². The van der Waals surface area contributed by atoms with Gasteiger partial charge in [0.05, 0.1) is 11.2 Å². The molecule has 10 heteroatoms. The zero-order valence-corrected chi connectivity index (χ0v) is 17.2. The normalized spacial score (nSPS) is 11.3. The van der Waals surface area contributed by atoms with Crippen molar-refractivity contribution in [2.45, 2.75) is 0 Å². The van der Waals surface area contributed by atoms with Gasteiger partial charge in [-0.05, 0) is 36.4 Å². The Bertz CT molecular complexity index is 1490. The van der Waals surface area contributed by atoms with E-state index in [2.05, 4.69) is 36.2 Å². The number of anilines is 1. The van der Waals surface area contributed by atoms with Crippen LogP contribution in [0.4, 0.5) is 5.69 Å². The molecule has 5 rings (SSSR count). The molecule has 1 amide bonds. The second-order valence-corrected chi connectivity index (χ2v) is 7.64. The van der Waals surface area contributed by atoms with Crippen LogP contribution in [0, 0.1) is 0 Å². The van der Waals surface area contributed by atoms with Crippen molar-refractivity contribution in [1.29, 1.82) is 0 Å². The van der Waals surface area contributed by atoms with E-state index in [0.29, 0.717) is 27.7 Å². The van der Waals surface area contributed by atoms with E-state index < -0.39 is 11.5 Å². The van der Waals surface area contributed by atoms with Crippen molar-refractivity contribution in [1.82, 2.24) is 15.0 Å². The van der Waals surface area contributed by atoms with Crippen LogP contribution in [0.15, 0.2) is 67.0 Å². The fraction of sp³-hybridized carbons (Fsp3) is 0. The highest BCUT2D eigenvalue weighted by atomic mass is 79.9. The van der Waals surface area contributed by atoms with Gasteiger partial charge in [0.2, 0.25) is 5.58 Å². The average Bonchev–Trinajstić information content (AvgIpc) is 3.37. The van der Waals surface area contributed by atoms with Crippen molar-refractivity contribution in [2.75, 3.05) is 5.32 Å². The summed E-state index contributed by atoms with van der Waals surface area (Å²) in [5.74, 6) is -0.289. The van der Waals surface area contributed by atoms with Gasteiger partial charge in [-0.25, -0.2) is 9.97 Å². The fourth-order valence-corrected chi connectivity index (χ4v) is 3.69. The van der Waals surface area contributed by atoms with E-state index in [-0.39, 0.29) is 22.3 Å². The molecule has 0 fully saturated rings. The number of hydrogen-bond acceptors (Lipinski definition) is 6. The van der Waals surface area contributed by atoms with Gasteiger partial charge in [0.25, 0.3) is 11.4 Å². The van der Waals surface area contributed by atoms with Crippen LogP contribution in [-0.4, -0.2) is 20.9 Å². The Morgan fingerprint density at radius 1 is 1.20 bits per heavy atom. The molecule has 0 unspecified atom stereocenters. The number of carbonyl (C=O) groups excluding carboxylic acids is 1. The standard InChI is InChI=1S/C20H10BrClN4O4/c21-9-1-4-14-12(7-9)15-16(30-14)18(27)26-17(25-15)11-3-2-10(8-13(11)22)24-19(28)20-23-5-6-29-20/h1-8H,(H,24,28)(H,25,26,27). The van der Waals surface area contributed by atoms with Crippen molar-refractivity contribution in [3.8, 4) is 11.4 Å². The predicted molar refractivity (Wildman–Crippen MR) is 115 cm³/mol. The molecule has 5 aromatic rings. The molecule has 0 aliphatic heterocycles. The Labute approximate surface area is 181 Å². The summed E-state index contributed by atoms with van der Waals surface area (Å²) in [6, 6.07) is 10.2. The van der Waals surface area contributed by atoms with Crippen molar-refractivity contribution in [3.63, 3.8) is 0 Å². The number of nitrogens with zero attached hydrogens (tertiary/aromatic N) is 2. The van der Waals surface area contributed by atoms with Crippen molar-refractivity contribution in [3.05, 3.63) is 74.6 Å². The van der Waals surface area contributed by atoms with Gasteiger partial charge in [0, 0.05) is 21.1 Å². The van der Waals surface area contributed by atoms with Crippen LogP contribution in [0.3, 0.4) is 0 Å². The largest absolute Gasteiger partial charge is 0.449 e. The van der Waals surface area contributed by atoms with E-state index in [1.165, 1.54) is 12.5 Å². The molecule has 0 bridgehead atoms. The first-order valence-electron chi connectivity index (χ1n) is 8.62. The smallest absolute Gasteiger partial charge is 0.311 e. The summed E-state index contributed by atoms with van der Waals surface area (Å²) >= 11 is 9.83. The maximum Gasteiger partial charge on any atom is 0.311 e. The minimum absolute atomic E-state index is 0.0651. The lowest BCUT2D eigenvalue weighted by molar-refractivity contribution is 0.0990. The number of oxazole rings is 1. The third kappa shape index (κ3) is 3.17. The second kappa shape index (κ2) is 7.12. The van der Waals surface area contributed by atoms with Crippen LogP contribution in [0.5, 0.6) is 0 Å². The van der Waals surface area contributed by atoms with E-state index in [0.717, 1.165) is 4.47 Å². The van der Waals surface area contributed by atoms with Gasteiger partial charge in [-0.2, -0.15) is 0 Å².